The molecule has 1 aromatic rings. The van der Waals surface area contributed by atoms with Crippen molar-refractivity contribution in [2.75, 3.05) is 26.3 Å². The minimum Gasteiger partial charge on any atom is -0.394 e. The third kappa shape index (κ3) is 2.84. The first-order chi connectivity index (χ1) is 8.63. The molecule has 0 spiro atoms. The van der Waals surface area contributed by atoms with Crippen molar-refractivity contribution in [3.05, 3.63) is 32.9 Å². The second kappa shape index (κ2) is 5.99. The van der Waals surface area contributed by atoms with Crippen molar-refractivity contribution in [1.82, 2.24) is 4.90 Å². The van der Waals surface area contributed by atoms with Gasteiger partial charge in [0.1, 0.15) is 0 Å². The molecular formula is C13H16INO3. The molecule has 1 saturated heterocycles. The van der Waals surface area contributed by atoms with Gasteiger partial charge in [0.15, 0.2) is 0 Å². The van der Waals surface area contributed by atoms with Gasteiger partial charge in [-0.1, -0.05) is 12.1 Å². The maximum atomic E-state index is 12.4. The first-order valence-corrected chi connectivity index (χ1v) is 6.98. The number of nitrogens with zero attached hydrogens (tertiary/aromatic N) is 1. The average Bonchev–Trinajstić information content (AvgIpc) is 2.41. The summed E-state index contributed by atoms with van der Waals surface area (Å²) >= 11 is 2.20. The zero-order valence-electron chi connectivity index (χ0n) is 10.2. The third-order valence-corrected chi connectivity index (χ3v) is 4.48. The number of carbonyl (C=O) groups excluding carboxylic acids is 1. The number of ether oxygens (including phenoxy) is 1. The van der Waals surface area contributed by atoms with E-state index in [2.05, 4.69) is 22.6 Å². The molecule has 2 rings (SSSR count). The van der Waals surface area contributed by atoms with E-state index in [9.17, 15) is 4.79 Å². The molecule has 1 aliphatic rings. The van der Waals surface area contributed by atoms with Crippen LogP contribution in [-0.4, -0.2) is 48.3 Å². The minimum atomic E-state index is -0.259. The second-order valence-electron chi connectivity index (χ2n) is 4.36. The van der Waals surface area contributed by atoms with E-state index in [1.165, 1.54) is 0 Å². The van der Waals surface area contributed by atoms with Gasteiger partial charge in [0.25, 0.3) is 5.91 Å². The molecule has 1 atom stereocenters. The van der Waals surface area contributed by atoms with Gasteiger partial charge in [-0.3, -0.25) is 4.79 Å². The van der Waals surface area contributed by atoms with Gasteiger partial charge in [-0.2, -0.15) is 0 Å². The van der Waals surface area contributed by atoms with Crippen LogP contribution >= 0.6 is 22.6 Å². The topological polar surface area (TPSA) is 49.8 Å². The Morgan fingerprint density at radius 2 is 2.39 bits per heavy atom. The summed E-state index contributed by atoms with van der Waals surface area (Å²) in [5.41, 5.74) is 1.84. The van der Waals surface area contributed by atoms with Crippen LogP contribution < -0.4 is 0 Å². The number of hydrogen-bond donors (Lipinski definition) is 1. The first kappa shape index (κ1) is 13.8. The first-order valence-electron chi connectivity index (χ1n) is 5.90. The highest BCUT2D eigenvalue weighted by atomic mass is 127. The molecule has 0 radical (unpaired) electrons. The van der Waals surface area contributed by atoms with Crippen LogP contribution in [0.25, 0.3) is 0 Å². The van der Waals surface area contributed by atoms with Crippen LogP contribution in [0.3, 0.4) is 0 Å². The summed E-state index contributed by atoms with van der Waals surface area (Å²) < 4.78 is 6.34. The smallest absolute Gasteiger partial charge is 0.255 e. The van der Waals surface area contributed by atoms with Crippen LogP contribution in [-0.2, 0) is 4.74 Å². The second-order valence-corrected chi connectivity index (χ2v) is 5.44. The third-order valence-electron chi connectivity index (χ3n) is 3.05. The van der Waals surface area contributed by atoms with Gasteiger partial charge in [-0.25, -0.2) is 0 Å². The van der Waals surface area contributed by atoms with Gasteiger partial charge < -0.3 is 14.7 Å². The lowest BCUT2D eigenvalue weighted by Gasteiger charge is -2.32. The zero-order chi connectivity index (χ0) is 13.1. The van der Waals surface area contributed by atoms with Gasteiger partial charge in [0.05, 0.1) is 24.9 Å². The van der Waals surface area contributed by atoms with Crippen molar-refractivity contribution in [2.45, 2.75) is 13.0 Å². The molecule has 1 aliphatic heterocycles. The standard InChI is InChI=1S/C13H16INO3/c1-9-3-2-4-11(12(9)14)13(17)15-5-6-18-10(7-15)8-16/h2-4,10,16H,5-8H2,1H3. The molecular weight excluding hydrogens is 345 g/mol. The molecule has 98 valence electrons. The number of aryl methyl sites for hydroxylation is 1. The molecule has 0 aliphatic carbocycles. The quantitative estimate of drug-likeness (QED) is 0.811. The molecule has 1 heterocycles. The Labute approximate surface area is 120 Å². The van der Waals surface area contributed by atoms with Gasteiger partial charge in [0.2, 0.25) is 0 Å². The van der Waals surface area contributed by atoms with E-state index in [-0.39, 0.29) is 18.6 Å². The van der Waals surface area contributed by atoms with E-state index >= 15 is 0 Å². The van der Waals surface area contributed by atoms with Crippen molar-refractivity contribution < 1.29 is 14.6 Å². The van der Waals surface area contributed by atoms with Crippen LogP contribution in [0.1, 0.15) is 15.9 Å². The molecule has 1 aromatic carbocycles. The van der Waals surface area contributed by atoms with Crippen molar-refractivity contribution in [3.63, 3.8) is 0 Å². The zero-order valence-corrected chi connectivity index (χ0v) is 12.4. The summed E-state index contributed by atoms with van der Waals surface area (Å²) in [5.74, 6) is 0.0184. The minimum absolute atomic E-state index is 0.0184. The lowest BCUT2D eigenvalue weighted by atomic mass is 10.1. The molecule has 1 fully saturated rings. The highest BCUT2D eigenvalue weighted by Gasteiger charge is 2.25. The predicted octanol–water partition coefficient (Wildman–Crippen LogP) is 1.43. The normalized spacial score (nSPS) is 19.9. The van der Waals surface area contributed by atoms with Crippen molar-refractivity contribution in [2.24, 2.45) is 0 Å². The Hall–Kier alpha value is -0.660. The van der Waals surface area contributed by atoms with Crippen molar-refractivity contribution in [3.8, 4) is 0 Å². The summed E-state index contributed by atoms with van der Waals surface area (Å²) in [4.78, 5) is 14.2. The molecule has 1 N–H and O–H groups in total. The van der Waals surface area contributed by atoms with E-state index in [1.807, 2.05) is 25.1 Å². The fourth-order valence-electron chi connectivity index (χ4n) is 2.00. The van der Waals surface area contributed by atoms with E-state index in [0.29, 0.717) is 19.7 Å². The number of amides is 1. The van der Waals surface area contributed by atoms with Crippen molar-refractivity contribution >= 4 is 28.5 Å². The molecule has 18 heavy (non-hydrogen) atoms. The summed E-state index contributed by atoms with van der Waals surface area (Å²) in [5, 5.41) is 9.10. The predicted molar refractivity (Wildman–Crippen MR) is 76.6 cm³/mol. The summed E-state index contributed by atoms with van der Waals surface area (Å²) in [6, 6.07) is 5.74. The molecule has 4 nitrogen and oxygen atoms in total. The van der Waals surface area contributed by atoms with Crippen molar-refractivity contribution in [1.29, 1.82) is 0 Å². The lowest BCUT2D eigenvalue weighted by molar-refractivity contribution is -0.0447. The number of aliphatic hydroxyl groups is 1. The molecule has 0 aromatic heterocycles. The average molecular weight is 361 g/mol. The summed E-state index contributed by atoms with van der Waals surface area (Å²) in [6.45, 7) is 3.47. The largest absolute Gasteiger partial charge is 0.394 e. The highest BCUT2D eigenvalue weighted by molar-refractivity contribution is 14.1. The number of morpholine rings is 1. The number of hydrogen-bond acceptors (Lipinski definition) is 3. The molecule has 0 saturated carbocycles. The Balaban J connectivity index is 2.18. The van der Waals surface area contributed by atoms with Crippen LogP contribution in [0.15, 0.2) is 18.2 Å². The maximum absolute atomic E-state index is 12.4. The van der Waals surface area contributed by atoms with Gasteiger partial charge in [-0.05, 0) is 41.1 Å². The Morgan fingerprint density at radius 3 is 3.11 bits per heavy atom. The van der Waals surface area contributed by atoms with Gasteiger partial charge in [-0.15, -0.1) is 0 Å². The number of aliphatic hydroxyl groups excluding tert-OH is 1. The fourth-order valence-corrected chi connectivity index (χ4v) is 2.59. The molecule has 1 amide bonds. The lowest BCUT2D eigenvalue weighted by Crippen LogP contribution is -2.47. The van der Waals surface area contributed by atoms with Gasteiger partial charge >= 0.3 is 0 Å². The highest BCUT2D eigenvalue weighted by Crippen LogP contribution is 2.19. The van der Waals surface area contributed by atoms with Gasteiger partial charge in [0, 0.05) is 16.7 Å². The molecule has 5 heteroatoms. The van der Waals surface area contributed by atoms with E-state index in [4.69, 9.17) is 9.84 Å². The van der Waals surface area contributed by atoms with E-state index < -0.39 is 0 Å². The fraction of sp³-hybridized carbons (Fsp3) is 0.462. The Kier molecular flexibility index (Phi) is 4.58. The summed E-state index contributed by atoms with van der Waals surface area (Å²) in [6.07, 6.45) is -0.259. The maximum Gasteiger partial charge on any atom is 0.255 e. The SMILES string of the molecule is Cc1cccc(C(=O)N2CCOC(CO)C2)c1I. The Morgan fingerprint density at radius 1 is 1.61 bits per heavy atom. The van der Waals surface area contributed by atoms with Crippen LogP contribution in [0.5, 0.6) is 0 Å². The molecule has 1 unspecified atom stereocenters. The summed E-state index contributed by atoms with van der Waals surface area (Å²) in [7, 11) is 0. The number of rotatable bonds is 2. The monoisotopic (exact) mass is 361 g/mol. The van der Waals surface area contributed by atoms with Crippen LogP contribution in [0, 0.1) is 10.5 Å². The Bertz CT molecular complexity index is 450. The van der Waals surface area contributed by atoms with E-state index in [1.54, 1.807) is 4.90 Å². The van der Waals surface area contributed by atoms with Crippen LogP contribution in [0.2, 0.25) is 0 Å². The molecule has 0 bridgehead atoms. The number of carbonyl (C=O) groups is 1. The van der Waals surface area contributed by atoms with E-state index in [0.717, 1.165) is 14.7 Å². The number of benzene rings is 1. The van der Waals surface area contributed by atoms with Crippen LogP contribution in [0.4, 0.5) is 0 Å². The number of halogens is 1.